The Labute approximate surface area is 154 Å². The van der Waals surface area contributed by atoms with Gasteiger partial charge in [-0.25, -0.2) is 4.98 Å². The normalized spacial score (nSPS) is 16.9. The highest BCUT2D eigenvalue weighted by molar-refractivity contribution is 7.09. The van der Waals surface area contributed by atoms with E-state index in [1.165, 1.54) is 11.5 Å². The van der Waals surface area contributed by atoms with Crippen molar-refractivity contribution in [2.24, 2.45) is 11.1 Å². The molecule has 23 heavy (non-hydrogen) atoms. The van der Waals surface area contributed by atoms with Gasteiger partial charge in [-0.15, -0.1) is 24.8 Å². The van der Waals surface area contributed by atoms with Gasteiger partial charge in [0.1, 0.15) is 5.82 Å². The van der Waals surface area contributed by atoms with Crippen molar-refractivity contribution in [3.63, 3.8) is 0 Å². The van der Waals surface area contributed by atoms with Crippen LogP contribution in [0.4, 0.5) is 5.13 Å². The molecular formula is C14H27Cl2N5OS. The first kappa shape index (κ1) is 22.4. The summed E-state index contributed by atoms with van der Waals surface area (Å²) in [5, 5.41) is 0.946. The fourth-order valence-electron chi connectivity index (χ4n) is 2.31. The van der Waals surface area contributed by atoms with Crippen molar-refractivity contribution in [3.05, 3.63) is 5.82 Å². The summed E-state index contributed by atoms with van der Waals surface area (Å²) in [6.45, 7) is 11.1. The molecule has 0 aromatic carbocycles. The van der Waals surface area contributed by atoms with Crippen LogP contribution in [0.15, 0.2) is 0 Å². The Hall–Kier alpha value is -0.630. The second-order valence-corrected chi connectivity index (χ2v) is 7.36. The summed E-state index contributed by atoms with van der Waals surface area (Å²) in [5.41, 5.74) is 5.89. The molecule has 9 heteroatoms. The summed E-state index contributed by atoms with van der Waals surface area (Å²) in [6.07, 6.45) is 0.932. The van der Waals surface area contributed by atoms with Gasteiger partial charge < -0.3 is 15.5 Å². The van der Waals surface area contributed by atoms with Crippen LogP contribution in [0.1, 0.15) is 33.0 Å². The van der Waals surface area contributed by atoms with Crippen molar-refractivity contribution < 1.29 is 4.79 Å². The average Bonchev–Trinajstić information content (AvgIpc) is 2.70. The lowest BCUT2D eigenvalue weighted by atomic mass is 9.86. The first-order valence-corrected chi connectivity index (χ1v) is 8.16. The van der Waals surface area contributed by atoms with Crippen LogP contribution in [0.2, 0.25) is 0 Å². The Morgan fingerprint density at radius 3 is 2.39 bits per heavy atom. The highest BCUT2D eigenvalue weighted by Crippen LogP contribution is 2.22. The number of halogens is 2. The number of carbonyl (C=O) groups is 1. The molecule has 1 aromatic heterocycles. The maximum atomic E-state index is 12.5. The second kappa shape index (κ2) is 9.01. The minimum atomic E-state index is -0.451. The number of hydrogen-bond acceptors (Lipinski definition) is 6. The Bertz CT molecular complexity index is 506. The monoisotopic (exact) mass is 383 g/mol. The summed E-state index contributed by atoms with van der Waals surface area (Å²) < 4.78 is 4.23. The Morgan fingerprint density at radius 2 is 1.87 bits per heavy atom. The first-order chi connectivity index (χ1) is 9.79. The molecule has 1 amide bonds. The number of aryl methyl sites for hydroxylation is 1. The largest absolute Gasteiger partial charge is 0.345 e. The van der Waals surface area contributed by atoms with E-state index in [1.54, 1.807) is 0 Å². The number of anilines is 1. The SMILES string of the molecule is Cc1nsc(N2CCCN(C(=O)[C@@H](N)C(C)(C)C)CC2)n1.Cl.Cl. The zero-order chi connectivity index (χ0) is 15.6. The van der Waals surface area contributed by atoms with Crippen molar-refractivity contribution in [2.45, 2.75) is 40.2 Å². The molecule has 0 unspecified atom stereocenters. The van der Waals surface area contributed by atoms with Crippen molar-refractivity contribution in [1.82, 2.24) is 14.3 Å². The molecule has 0 radical (unpaired) electrons. The smallest absolute Gasteiger partial charge is 0.240 e. The summed E-state index contributed by atoms with van der Waals surface area (Å²) in [4.78, 5) is 21.0. The third-order valence-corrected chi connectivity index (χ3v) is 4.66. The highest BCUT2D eigenvalue weighted by atomic mass is 35.5. The summed E-state index contributed by atoms with van der Waals surface area (Å²) in [7, 11) is 0. The van der Waals surface area contributed by atoms with E-state index in [-0.39, 0.29) is 36.1 Å². The molecule has 0 aliphatic carbocycles. The van der Waals surface area contributed by atoms with E-state index in [1.807, 2.05) is 32.6 Å². The second-order valence-electron chi connectivity index (χ2n) is 6.63. The molecule has 2 heterocycles. The molecule has 0 spiro atoms. The maximum Gasteiger partial charge on any atom is 0.240 e. The third kappa shape index (κ3) is 5.74. The predicted octanol–water partition coefficient (Wildman–Crippen LogP) is 2.10. The summed E-state index contributed by atoms with van der Waals surface area (Å²) in [6, 6.07) is -0.451. The average molecular weight is 384 g/mol. The van der Waals surface area contributed by atoms with Crippen molar-refractivity contribution >= 4 is 47.4 Å². The van der Waals surface area contributed by atoms with Gasteiger partial charge >= 0.3 is 0 Å². The quantitative estimate of drug-likeness (QED) is 0.845. The lowest BCUT2D eigenvalue weighted by Crippen LogP contribution is -2.51. The van der Waals surface area contributed by atoms with Crippen LogP contribution in [-0.4, -0.2) is 52.4 Å². The van der Waals surface area contributed by atoms with Crippen molar-refractivity contribution in [2.75, 3.05) is 31.1 Å². The molecule has 2 rings (SSSR count). The van der Waals surface area contributed by atoms with Crippen LogP contribution in [0.5, 0.6) is 0 Å². The van der Waals surface area contributed by atoms with Gasteiger partial charge in [-0.2, -0.15) is 4.37 Å². The van der Waals surface area contributed by atoms with Crippen molar-refractivity contribution in [3.8, 4) is 0 Å². The minimum absolute atomic E-state index is 0. The van der Waals surface area contributed by atoms with Gasteiger partial charge in [0.15, 0.2) is 0 Å². The Kier molecular flexibility index (Phi) is 8.76. The molecule has 1 saturated heterocycles. The highest BCUT2D eigenvalue weighted by Gasteiger charge is 2.32. The van der Waals surface area contributed by atoms with Gasteiger partial charge in [0, 0.05) is 37.7 Å². The van der Waals surface area contributed by atoms with Gasteiger partial charge in [0.25, 0.3) is 0 Å². The lowest BCUT2D eigenvalue weighted by molar-refractivity contribution is -0.134. The van der Waals surface area contributed by atoms with Crippen molar-refractivity contribution in [1.29, 1.82) is 0 Å². The minimum Gasteiger partial charge on any atom is -0.345 e. The molecular weight excluding hydrogens is 357 g/mol. The van der Waals surface area contributed by atoms with E-state index in [9.17, 15) is 4.79 Å². The number of carbonyl (C=O) groups excluding carboxylic acids is 1. The van der Waals surface area contributed by atoms with E-state index in [2.05, 4.69) is 14.3 Å². The van der Waals surface area contributed by atoms with E-state index in [0.29, 0.717) is 6.54 Å². The van der Waals surface area contributed by atoms with E-state index in [0.717, 1.165) is 37.0 Å². The van der Waals surface area contributed by atoms with E-state index in [4.69, 9.17) is 5.73 Å². The van der Waals surface area contributed by atoms with Crippen LogP contribution >= 0.6 is 36.3 Å². The molecule has 0 saturated carbocycles. The maximum absolute atomic E-state index is 12.5. The van der Waals surface area contributed by atoms with E-state index < -0.39 is 6.04 Å². The van der Waals surface area contributed by atoms with Crippen LogP contribution in [0.3, 0.4) is 0 Å². The molecule has 1 aliphatic rings. The topological polar surface area (TPSA) is 75.4 Å². The molecule has 1 aromatic rings. The van der Waals surface area contributed by atoms with Crippen LogP contribution in [0.25, 0.3) is 0 Å². The van der Waals surface area contributed by atoms with Gasteiger partial charge in [-0.1, -0.05) is 20.8 Å². The van der Waals surface area contributed by atoms with Crippen LogP contribution < -0.4 is 10.6 Å². The zero-order valence-corrected chi connectivity index (χ0v) is 16.6. The van der Waals surface area contributed by atoms with E-state index >= 15 is 0 Å². The fourth-order valence-corrected chi connectivity index (χ4v) is 3.04. The third-order valence-electron chi connectivity index (χ3n) is 3.79. The lowest BCUT2D eigenvalue weighted by Gasteiger charge is -2.31. The molecule has 1 aliphatic heterocycles. The van der Waals surface area contributed by atoms with Gasteiger partial charge in [0.2, 0.25) is 11.0 Å². The summed E-state index contributed by atoms with van der Waals surface area (Å²) >= 11 is 1.42. The molecule has 1 fully saturated rings. The number of nitrogens with zero attached hydrogens (tertiary/aromatic N) is 4. The molecule has 2 N–H and O–H groups in total. The number of rotatable bonds is 2. The Morgan fingerprint density at radius 1 is 1.22 bits per heavy atom. The predicted molar refractivity (Wildman–Crippen MR) is 100.0 cm³/mol. The number of nitrogens with two attached hydrogens (primary N) is 1. The molecule has 0 bridgehead atoms. The standard InChI is InChI=1S/C14H25N5OS.2ClH/c1-10-16-13(21-17-10)19-7-5-6-18(8-9-19)12(20)11(15)14(2,3)4;;/h11H,5-9,15H2,1-4H3;2*1H/t11-;;/m1../s1. The fraction of sp³-hybridized carbons (Fsp3) is 0.786. The summed E-state index contributed by atoms with van der Waals surface area (Å²) in [5.74, 6) is 0.861. The molecule has 6 nitrogen and oxygen atoms in total. The van der Waals surface area contributed by atoms with Crippen LogP contribution in [0, 0.1) is 12.3 Å². The number of hydrogen-bond donors (Lipinski definition) is 1. The van der Waals surface area contributed by atoms with Crippen LogP contribution in [-0.2, 0) is 4.79 Å². The van der Waals surface area contributed by atoms with Gasteiger partial charge in [-0.05, 0) is 18.8 Å². The molecule has 1 atom stereocenters. The van der Waals surface area contributed by atoms with Gasteiger partial charge in [0.05, 0.1) is 6.04 Å². The zero-order valence-electron chi connectivity index (χ0n) is 14.1. The molecule has 134 valence electrons. The Balaban J connectivity index is 0.00000242. The number of amides is 1. The van der Waals surface area contributed by atoms with Gasteiger partial charge in [-0.3, -0.25) is 4.79 Å². The number of aromatic nitrogens is 2. The first-order valence-electron chi connectivity index (χ1n) is 7.38.